The van der Waals surface area contributed by atoms with Gasteiger partial charge in [0.05, 0.1) is 6.10 Å². The van der Waals surface area contributed by atoms with Crippen LogP contribution in [0.25, 0.3) is 0 Å². The minimum Gasteiger partial charge on any atom is -0.409 e. The van der Waals surface area contributed by atoms with Gasteiger partial charge in [-0.15, -0.1) is 0 Å². The lowest BCUT2D eigenvalue weighted by Crippen LogP contribution is -2.37. The number of carbonyl (C=O) groups excluding carboxylic acids is 1. The quantitative estimate of drug-likeness (QED) is 0.343. The number of nitrogens with zero attached hydrogens (tertiary/aromatic N) is 2. The standard InChI is InChI=1S/C14H21N3O3/c1-11(2)20-10-14(18)17(9-8-13(15)16-19)12-6-4-3-5-7-12/h3-7,11,19H,8-10H2,1-2H3,(H2,15,16). The smallest absolute Gasteiger partial charge is 0.252 e. The molecule has 0 aromatic heterocycles. The molecule has 0 spiro atoms. The molecule has 0 fully saturated rings. The first-order chi connectivity index (χ1) is 9.54. The average molecular weight is 279 g/mol. The second kappa shape index (κ2) is 8.16. The van der Waals surface area contributed by atoms with E-state index in [1.54, 1.807) is 4.90 Å². The van der Waals surface area contributed by atoms with Crippen LogP contribution in [0, 0.1) is 0 Å². The normalized spacial score (nSPS) is 11.7. The number of anilines is 1. The van der Waals surface area contributed by atoms with Gasteiger partial charge in [-0.2, -0.15) is 0 Å². The van der Waals surface area contributed by atoms with E-state index >= 15 is 0 Å². The molecule has 0 saturated heterocycles. The monoisotopic (exact) mass is 279 g/mol. The zero-order valence-corrected chi connectivity index (χ0v) is 11.8. The lowest BCUT2D eigenvalue weighted by Gasteiger charge is -2.23. The molecule has 0 atom stereocenters. The number of carbonyl (C=O) groups is 1. The summed E-state index contributed by atoms with van der Waals surface area (Å²) in [5, 5.41) is 11.5. The zero-order chi connectivity index (χ0) is 15.0. The molecule has 0 saturated carbocycles. The van der Waals surface area contributed by atoms with Crippen molar-refractivity contribution in [2.24, 2.45) is 10.9 Å². The number of amidine groups is 1. The Morgan fingerprint density at radius 2 is 2.05 bits per heavy atom. The van der Waals surface area contributed by atoms with Crippen molar-refractivity contribution in [3.63, 3.8) is 0 Å². The van der Waals surface area contributed by atoms with E-state index in [4.69, 9.17) is 15.7 Å². The zero-order valence-electron chi connectivity index (χ0n) is 11.8. The van der Waals surface area contributed by atoms with Crippen molar-refractivity contribution in [3.8, 4) is 0 Å². The number of hydrogen-bond acceptors (Lipinski definition) is 4. The van der Waals surface area contributed by atoms with Gasteiger partial charge in [0.25, 0.3) is 5.91 Å². The highest BCUT2D eigenvalue weighted by atomic mass is 16.5. The Labute approximate surface area is 118 Å². The van der Waals surface area contributed by atoms with Gasteiger partial charge in [-0.25, -0.2) is 0 Å². The summed E-state index contributed by atoms with van der Waals surface area (Å²) >= 11 is 0. The number of para-hydroxylation sites is 1. The number of hydrogen-bond donors (Lipinski definition) is 2. The van der Waals surface area contributed by atoms with Gasteiger partial charge in [0.1, 0.15) is 12.4 Å². The number of ether oxygens (including phenoxy) is 1. The number of amides is 1. The van der Waals surface area contributed by atoms with Gasteiger partial charge in [0.2, 0.25) is 0 Å². The maximum absolute atomic E-state index is 12.2. The Balaban J connectivity index is 2.76. The Kier molecular flexibility index (Phi) is 6.52. The van der Waals surface area contributed by atoms with E-state index in [9.17, 15) is 4.79 Å². The first-order valence-corrected chi connectivity index (χ1v) is 6.48. The molecule has 0 aliphatic rings. The maximum atomic E-state index is 12.2. The van der Waals surface area contributed by atoms with Crippen molar-refractivity contribution in [2.75, 3.05) is 18.1 Å². The summed E-state index contributed by atoms with van der Waals surface area (Å²) in [5.41, 5.74) is 6.21. The van der Waals surface area contributed by atoms with E-state index in [1.165, 1.54) is 0 Å². The third-order valence-electron chi connectivity index (χ3n) is 2.63. The summed E-state index contributed by atoms with van der Waals surface area (Å²) in [5.74, 6) is -0.0702. The van der Waals surface area contributed by atoms with Crippen LogP contribution in [-0.4, -0.2) is 36.2 Å². The van der Waals surface area contributed by atoms with Gasteiger partial charge < -0.3 is 20.6 Å². The van der Waals surface area contributed by atoms with Crippen molar-refractivity contribution >= 4 is 17.4 Å². The van der Waals surface area contributed by atoms with Gasteiger partial charge in [0.15, 0.2) is 0 Å². The van der Waals surface area contributed by atoms with Gasteiger partial charge >= 0.3 is 0 Å². The van der Waals surface area contributed by atoms with Gasteiger partial charge in [-0.1, -0.05) is 23.4 Å². The largest absolute Gasteiger partial charge is 0.409 e. The SMILES string of the molecule is CC(C)OCC(=O)N(CC/C(N)=N/O)c1ccccc1. The molecular weight excluding hydrogens is 258 g/mol. The summed E-state index contributed by atoms with van der Waals surface area (Å²) in [7, 11) is 0. The number of rotatable bonds is 7. The Hall–Kier alpha value is -2.08. The lowest BCUT2D eigenvalue weighted by molar-refractivity contribution is -0.124. The van der Waals surface area contributed by atoms with Crippen LogP contribution in [0.3, 0.4) is 0 Å². The highest BCUT2D eigenvalue weighted by molar-refractivity contribution is 5.95. The van der Waals surface area contributed by atoms with E-state index in [0.29, 0.717) is 13.0 Å². The van der Waals surface area contributed by atoms with Crippen molar-refractivity contribution < 1.29 is 14.7 Å². The van der Waals surface area contributed by atoms with Crippen LogP contribution in [-0.2, 0) is 9.53 Å². The molecule has 6 nitrogen and oxygen atoms in total. The Morgan fingerprint density at radius 3 is 2.60 bits per heavy atom. The van der Waals surface area contributed by atoms with Crippen LogP contribution in [0.4, 0.5) is 5.69 Å². The third kappa shape index (κ3) is 5.27. The summed E-state index contributed by atoms with van der Waals surface area (Å²) in [6.07, 6.45) is 0.277. The van der Waals surface area contributed by atoms with Crippen LogP contribution in [0.2, 0.25) is 0 Å². The molecule has 0 aliphatic heterocycles. The first kappa shape index (κ1) is 16.0. The molecular formula is C14H21N3O3. The minimum atomic E-state index is -0.157. The molecule has 0 heterocycles. The molecule has 6 heteroatoms. The van der Waals surface area contributed by atoms with Gasteiger partial charge in [-0.05, 0) is 26.0 Å². The molecule has 110 valence electrons. The molecule has 1 aromatic rings. The van der Waals surface area contributed by atoms with Crippen LogP contribution in [0.1, 0.15) is 20.3 Å². The topological polar surface area (TPSA) is 88.2 Å². The van der Waals surface area contributed by atoms with Crippen LogP contribution in [0.5, 0.6) is 0 Å². The van der Waals surface area contributed by atoms with E-state index in [2.05, 4.69) is 5.16 Å². The predicted octanol–water partition coefficient (Wildman–Crippen LogP) is 1.58. The summed E-state index contributed by atoms with van der Waals surface area (Å²) < 4.78 is 5.34. The fourth-order valence-electron chi connectivity index (χ4n) is 1.60. The minimum absolute atomic E-state index is 0.00271. The fraction of sp³-hybridized carbons (Fsp3) is 0.429. The van der Waals surface area contributed by atoms with Gasteiger partial charge in [-0.3, -0.25) is 4.79 Å². The average Bonchev–Trinajstić information content (AvgIpc) is 2.46. The molecule has 1 aromatic carbocycles. The summed E-state index contributed by atoms with van der Waals surface area (Å²) in [6, 6.07) is 9.24. The number of nitrogens with two attached hydrogens (primary N) is 1. The molecule has 3 N–H and O–H groups in total. The summed E-state index contributed by atoms with van der Waals surface area (Å²) in [6.45, 7) is 4.08. The van der Waals surface area contributed by atoms with E-state index < -0.39 is 0 Å². The highest BCUT2D eigenvalue weighted by Crippen LogP contribution is 2.14. The molecule has 0 radical (unpaired) electrons. The Bertz CT molecular complexity index is 446. The van der Waals surface area contributed by atoms with E-state index in [-0.39, 0.29) is 24.5 Å². The highest BCUT2D eigenvalue weighted by Gasteiger charge is 2.16. The fourth-order valence-corrected chi connectivity index (χ4v) is 1.60. The second-order valence-corrected chi connectivity index (χ2v) is 4.58. The van der Waals surface area contributed by atoms with Gasteiger partial charge in [0, 0.05) is 18.7 Å². The number of oxime groups is 1. The van der Waals surface area contributed by atoms with E-state index in [0.717, 1.165) is 5.69 Å². The lowest BCUT2D eigenvalue weighted by atomic mass is 10.2. The first-order valence-electron chi connectivity index (χ1n) is 6.48. The predicted molar refractivity (Wildman–Crippen MR) is 77.9 cm³/mol. The Morgan fingerprint density at radius 1 is 1.40 bits per heavy atom. The van der Waals surface area contributed by atoms with Crippen LogP contribution >= 0.6 is 0 Å². The molecule has 0 bridgehead atoms. The van der Waals surface area contributed by atoms with E-state index in [1.807, 2.05) is 44.2 Å². The van der Waals surface area contributed by atoms with Crippen LogP contribution in [0.15, 0.2) is 35.5 Å². The molecule has 1 rings (SSSR count). The maximum Gasteiger partial charge on any atom is 0.252 e. The van der Waals surface area contributed by atoms with Crippen molar-refractivity contribution in [1.29, 1.82) is 0 Å². The van der Waals surface area contributed by atoms with Crippen molar-refractivity contribution in [2.45, 2.75) is 26.4 Å². The van der Waals surface area contributed by atoms with Crippen molar-refractivity contribution in [3.05, 3.63) is 30.3 Å². The summed E-state index contributed by atoms with van der Waals surface area (Å²) in [4.78, 5) is 13.8. The second-order valence-electron chi connectivity index (χ2n) is 4.58. The molecule has 0 aliphatic carbocycles. The van der Waals surface area contributed by atoms with Crippen LogP contribution < -0.4 is 10.6 Å². The molecule has 1 amide bonds. The number of benzene rings is 1. The third-order valence-corrected chi connectivity index (χ3v) is 2.63. The molecule has 0 unspecified atom stereocenters. The van der Waals surface area contributed by atoms with Crippen molar-refractivity contribution in [1.82, 2.24) is 0 Å². The molecule has 20 heavy (non-hydrogen) atoms.